The van der Waals surface area contributed by atoms with E-state index in [9.17, 15) is 9.59 Å². The van der Waals surface area contributed by atoms with Gasteiger partial charge in [-0.05, 0) is 18.2 Å². The van der Waals surface area contributed by atoms with Crippen LogP contribution >= 0.6 is 0 Å². The molecule has 70 valence electrons. The van der Waals surface area contributed by atoms with Gasteiger partial charge in [0.2, 0.25) is 6.29 Å². The van der Waals surface area contributed by atoms with Gasteiger partial charge in [-0.15, -0.1) is 0 Å². The fraction of sp³-hybridized carbons (Fsp3) is 0. The first-order valence-corrected chi connectivity index (χ1v) is 3.99. The molecule has 1 aromatic heterocycles. The van der Waals surface area contributed by atoms with Crippen LogP contribution in [0.15, 0.2) is 24.5 Å². The van der Waals surface area contributed by atoms with Gasteiger partial charge in [-0.2, -0.15) is 0 Å². The molecule has 5 heteroatoms. The second-order valence-electron chi connectivity index (χ2n) is 2.74. The second-order valence-corrected chi connectivity index (χ2v) is 2.74. The van der Waals surface area contributed by atoms with E-state index in [0.29, 0.717) is 5.69 Å². The van der Waals surface area contributed by atoms with Crippen molar-refractivity contribution >= 4 is 28.9 Å². The molecular weight excluding hydrogens is 182 g/mol. The topological polar surface area (TPSA) is 74.8 Å². The molecule has 0 aliphatic carbocycles. The molecule has 0 atom stereocenters. The summed E-state index contributed by atoms with van der Waals surface area (Å²) >= 11 is 0. The lowest BCUT2D eigenvalue weighted by molar-refractivity contribution is -0.127. The third-order valence-electron chi connectivity index (χ3n) is 1.79. The van der Waals surface area contributed by atoms with Crippen molar-refractivity contribution in [3.05, 3.63) is 24.5 Å². The van der Waals surface area contributed by atoms with Gasteiger partial charge in [-0.25, -0.2) is 4.98 Å². The average molecular weight is 189 g/mol. The summed E-state index contributed by atoms with van der Waals surface area (Å²) < 4.78 is 0. The summed E-state index contributed by atoms with van der Waals surface area (Å²) in [6, 6.07) is 5.15. The lowest BCUT2D eigenvalue weighted by Gasteiger charge is -1.99. The van der Waals surface area contributed by atoms with E-state index >= 15 is 0 Å². The molecule has 14 heavy (non-hydrogen) atoms. The van der Waals surface area contributed by atoms with Crippen LogP contribution in [0.4, 0.5) is 5.69 Å². The average Bonchev–Trinajstić information content (AvgIpc) is 2.64. The summed E-state index contributed by atoms with van der Waals surface area (Å²) in [5, 5.41) is 2.42. The highest BCUT2D eigenvalue weighted by Crippen LogP contribution is 2.14. The summed E-state index contributed by atoms with van der Waals surface area (Å²) in [7, 11) is 0. The van der Waals surface area contributed by atoms with Crippen LogP contribution in [0.2, 0.25) is 0 Å². The third kappa shape index (κ3) is 1.47. The van der Waals surface area contributed by atoms with Crippen LogP contribution in [0.3, 0.4) is 0 Å². The maximum absolute atomic E-state index is 10.8. The van der Waals surface area contributed by atoms with Crippen molar-refractivity contribution in [3.8, 4) is 0 Å². The summed E-state index contributed by atoms with van der Waals surface area (Å²) in [6.07, 6.45) is 1.80. The number of aromatic amines is 1. The minimum absolute atomic E-state index is 0.233. The number of anilines is 1. The van der Waals surface area contributed by atoms with Crippen LogP contribution in [0, 0.1) is 0 Å². The van der Waals surface area contributed by atoms with Gasteiger partial charge in [0.1, 0.15) is 0 Å². The van der Waals surface area contributed by atoms with Gasteiger partial charge in [-0.1, -0.05) is 0 Å². The smallest absolute Gasteiger partial charge is 0.288 e. The van der Waals surface area contributed by atoms with Crippen LogP contribution in [-0.4, -0.2) is 22.2 Å². The van der Waals surface area contributed by atoms with Gasteiger partial charge < -0.3 is 10.3 Å². The molecule has 0 saturated heterocycles. The van der Waals surface area contributed by atoms with Crippen LogP contribution in [-0.2, 0) is 9.59 Å². The molecule has 0 unspecified atom stereocenters. The molecule has 5 nitrogen and oxygen atoms in total. The van der Waals surface area contributed by atoms with E-state index in [4.69, 9.17) is 0 Å². The molecule has 0 radical (unpaired) electrons. The van der Waals surface area contributed by atoms with E-state index in [-0.39, 0.29) is 6.29 Å². The number of aldehydes is 1. The van der Waals surface area contributed by atoms with Crippen LogP contribution in [0.25, 0.3) is 11.0 Å². The number of H-pyrrole nitrogens is 1. The number of benzene rings is 1. The minimum atomic E-state index is -0.663. The number of amides is 1. The monoisotopic (exact) mass is 189 g/mol. The number of aromatic nitrogens is 2. The number of hydrogen-bond acceptors (Lipinski definition) is 3. The number of nitrogens with one attached hydrogen (secondary N) is 2. The SMILES string of the molecule is O=CC(=O)Nc1ccc2nc[nH]c2c1. The third-order valence-corrected chi connectivity index (χ3v) is 1.79. The highest BCUT2D eigenvalue weighted by Gasteiger charge is 2.01. The van der Waals surface area contributed by atoms with Crippen molar-refractivity contribution in [1.29, 1.82) is 0 Å². The Balaban J connectivity index is 2.34. The molecule has 1 amide bonds. The Bertz CT molecular complexity index is 490. The van der Waals surface area contributed by atoms with E-state index in [1.165, 1.54) is 0 Å². The van der Waals surface area contributed by atoms with E-state index in [2.05, 4.69) is 15.3 Å². The lowest BCUT2D eigenvalue weighted by Crippen LogP contribution is -2.11. The number of imidazole rings is 1. The van der Waals surface area contributed by atoms with Crippen LogP contribution in [0.1, 0.15) is 0 Å². The molecule has 2 aromatic rings. The Hall–Kier alpha value is -2.17. The summed E-state index contributed by atoms with van der Waals surface area (Å²) in [4.78, 5) is 27.8. The summed E-state index contributed by atoms with van der Waals surface area (Å²) in [6.45, 7) is 0. The zero-order valence-corrected chi connectivity index (χ0v) is 7.15. The van der Waals surface area contributed by atoms with Gasteiger partial charge in [0.05, 0.1) is 17.4 Å². The van der Waals surface area contributed by atoms with Crippen molar-refractivity contribution < 1.29 is 9.59 Å². The Morgan fingerprint density at radius 1 is 1.50 bits per heavy atom. The number of rotatable bonds is 2. The highest BCUT2D eigenvalue weighted by atomic mass is 16.2. The molecule has 1 aromatic carbocycles. The molecule has 0 aliphatic heterocycles. The highest BCUT2D eigenvalue weighted by molar-refractivity contribution is 6.29. The zero-order valence-electron chi connectivity index (χ0n) is 7.15. The molecule has 0 spiro atoms. The first kappa shape index (κ1) is 8.43. The van der Waals surface area contributed by atoms with Crippen LogP contribution < -0.4 is 5.32 Å². The van der Waals surface area contributed by atoms with E-state index in [0.717, 1.165) is 11.0 Å². The Morgan fingerprint density at radius 3 is 3.14 bits per heavy atom. The summed E-state index contributed by atoms with van der Waals surface area (Å²) in [5.74, 6) is -0.663. The van der Waals surface area contributed by atoms with Crippen molar-refractivity contribution in [3.63, 3.8) is 0 Å². The fourth-order valence-electron chi connectivity index (χ4n) is 1.19. The van der Waals surface area contributed by atoms with Crippen molar-refractivity contribution in [2.24, 2.45) is 0 Å². The Labute approximate surface area is 79.1 Å². The molecule has 2 N–H and O–H groups in total. The minimum Gasteiger partial charge on any atom is -0.345 e. The zero-order chi connectivity index (χ0) is 9.97. The largest absolute Gasteiger partial charge is 0.345 e. The molecule has 1 heterocycles. The van der Waals surface area contributed by atoms with Gasteiger partial charge in [0.15, 0.2) is 0 Å². The van der Waals surface area contributed by atoms with E-state index in [1.807, 2.05) is 0 Å². The number of nitrogens with zero attached hydrogens (tertiary/aromatic N) is 1. The normalized spacial score (nSPS) is 10.0. The maximum atomic E-state index is 10.8. The maximum Gasteiger partial charge on any atom is 0.288 e. The first-order valence-electron chi connectivity index (χ1n) is 3.99. The second kappa shape index (κ2) is 3.29. The predicted octanol–water partition coefficient (Wildman–Crippen LogP) is 0.700. The lowest BCUT2D eigenvalue weighted by atomic mass is 10.3. The van der Waals surface area contributed by atoms with Gasteiger partial charge in [0.25, 0.3) is 5.91 Å². The Morgan fingerprint density at radius 2 is 2.36 bits per heavy atom. The Kier molecular flexibility index (Phi) is 1.98. The van der Waals surface area contributed by atoms with Crippen LogP contribution in [0.5, 0.6) is 0 Å². The standard InChI is InChI=1S/C9H7N3O2/c13-4-9(14)12-6-1-2-7-8(3-6)11-5-10-7/h1-5H,(H,10,11)(H,12,14). The number of hydrogen-bond donors (Lipinski definition) is 2. The number of carbonyl (C=O) groups excluding carboxylic acids is 2. The van der Waals surface area contributed by atoms with E-state index in [1.54, 1.807) is 24.5 Å². The molecule has 0 bridgehead atoms. The fourth-order valence-corrected chi connectivity index (χ4v) is 1.19. The molecule has 0 aliphatic rings. The van der Waals surface area contributed by atoms with Crippen molar-refractivity contribution in [2.75, 3.05) is 5.32 Å². The summed E-state index contributed by atoms with van der Waals surface area (Å²) in [5.41, 5.74) is 2.20. The van der Waals surface area contributed by atoms with Gasteiger partial charge in [0, 0.05) is 5.69 Å². The quantitative estimate of drug-likeness (QED) is 0.539. The molecule has 2 rings (SSSR count). The van der Waals surface area contributed by atoms with E-state index < -0.39 is 5.91 Å². The number of carbonyl (C=O) groups is 2. The van der Waals surface area contributed by atoms with Crippen molar-refractivity contribution in [1.82, 2.24) is 9.97 Å². The molecule has 0 saturated carbocycles. The molecule has 0 fully saturated rings. The van der Waals surface area contributed by atoms with Crippen molar-refractivity contribution in [2.45, 2.75) is 0 Å². The van der Waals surface area contributed by atoms with Gasteiger partial charge >= 0.3 is 0 Å². The first-order chi connectivity index (χ1) is 6.79. The number of fused-ring (bicyclic) bond motifs is 1. The predicted molar refractivity (Wildman–Crippen MR) is 50.8 cm³/mol. The molecular formula is C9H7N3O2. The van der Waals surface area contributed by atoms with Gasteiger partial charge in [-0.3, -0.25) is 9.59 Å².